The number of hydrogen-bond donors (Lipinski definition) is 1. The Hall–Kier alpha value is -0.130. The van der Waals surface area contributed by atoms with Crippen LogP contribution in [0.25, 0.3) is 0 Å². The van der Waals surface area contributed by atoms with Gasteiger partial charge in [-0.3, -0.25) is 0 Å². The van der Waals surface area contributed by atoms with Crippen molar-refractivity contribution in [2.45, 2.75) is 37.5 Å². The molecule has 1 aliphatic carbocycles. The van der Waals surface area contributed by atoms with Gasteiger partial charge in [-0.05, 0) is 32.2 Å². The highest BCUT2D eigenvalue weighted by molar-refractivity contribution is 7.90. The molecule has 88 valence electrons. The maximum atomic E-state index is 12.0. The van der Waals surface area contributed by atoms with Gasteiger partial charge in [-0.2, -0.15) is 0 Å². The molecule has 1 aliphatic heterocycles. The summed E-state index contributed by atoms with van der Waals surface area (Å²) in [4.78, 5) is 0. The van der Waals surface area contributed by atoms with E-state index in [-0.39, 0.29) is 5.25 Å². The van der Waals surface area contributed by atoms with Gasteiger partial charge in [0.1, 0.15) is 0 Å². The van der Waals surface area contributed by atoms with Crippen LogP contribution in [0.3, 0.4) is 0 Å². The van der Waals surface area contributed by atoms with Crippen LogP contribution in [0.15, 0.2) is 0 Å². The molecule has 0 bridgehead atoms. The monoisotopic (exact) mass is 232 g/mol. The van der Waals surface area contributed by atoms with Gasteiger partial charge in [-0.15, -0.1) is 0 Å². The molecule has 15 heavy (non-hydrogen) atoms. The van der Waals surface area contributed by atoms with Crippen LogP contribution in [-0.2, 0) is 10.0 Å². The second kappa shape index (κ2) is 4.03. The molecule has 1 saturated heterocycles. The molecule has 0 spiro atoms. The van der Waals surface area contributed by atoms with Gasteiger partial charge in [0, 0.05) is 19.1 Å². The van der Waals surface area contributed by atoms with Crippen LogP contribution in [0.1, 0.15) is 26.2 Å². The van der Waals surface area contributed by atoms with E-state index in [1.807, 2.05) is 7.05 Å². The maximum absolute atomic E-state index is 12.0. The van der Waals surface area contributed by atoms with Gasteiger partial charge >= 0.3 is 0 Å². The average molecular weight is 232 g/mol. The van der Waals surface area contributed by atoms with E-state index in [0.717, 1.165) is 19.3 Å². The predicted octanol–water partition coefficient (Wildman–Crippen LogP) is 0.408. The summed E-state index contributed by atoms with van der Waals surface area (Å²) in [6.07, 6.45) is 2.66. The standard InChI is InChI=1S/C10H20N2O2S/c1-8-7-12(6-5-10(8)11-2)15(13,14)9-3-4-9/h8-11H,3-7H2,1-2H3. The van der Waals surface area contributed by atoms with Crippen LogP contribution >= 0.6 is 0 Å². The smallest absolute Gasteiger partial charge is 0.216 e. The highest BCUT2D eigenvalue weighted by Crippen LogP contribution is 2.33. The van der Waals surface area contributed by atoms with Gasteiger partial charge in [0.15, 0.2) is 0 Å². The third-order valence-corrected chi connectivity index (χ3v) is 5.91. The maximum Gasteiger partial charge on any atom is 0.216 e. The van der Waals surface area contributed by atoms with Crippen LogP contribution < -0.4 is 5.32 Å². The van der Waals surface area contributed by atoms with Gasteiger partial charge in [-0.25, -0.2) is 12.7 Å². The molecule has 0 aromatic carbocycles. The van der Waals surface area contributed by atoms with Gasteiger partial charge in [-0.1, -0.05) is 6.92 Å². The number of piperidine rings is 1. The summed E-state index contributed by atoms with van der Waals surface area (Å²) in [6, 6.07) is 0.468. The Morgan fingerprint density at radius 3 is 2.40 bits per heavy atom. The van der Waals surface area contributed by atoms with E-state index >= 15 is 0 Å². The number of hydrogen-bond acceptors (Lipinski definition) is 3. The van der Waals surface area contributed by atoms with Crippen molar-refractivity contribution in [3.8, 4) is 0 Å². The topological polar surface area (TPSA) is 49.4 Å². The minimum absolute atomic E-state index is 0.0594. The highest BCUT2D eigenvalue weighted by Gasteiger charge is 2.42. The quantitative estimate of drug-likeness (QED) is 0.766. The zero-order chi connectivity index (χ0) is 11.1. The number of nitrogens with zero attached hydrogens (tertiary/aromatic N) is 1. The fraction of sp³-hybridized carbons (Fsp3) is 1.00. The van der Waals surface area contributed by atoms with Crippen molar-refractivity contribution >= 4 is 10.0 Å². The zero-order valence-electron chi connectivity index (χ0n) is 9.44. The van der Waals surface area contributed by atoms with Gasteiger partial charge in [0.25, 0.3) is 0 Å². The fourth-order valence-electron chi connectivity index (χ4n) is 2.34. The lowest BCUT2D eigenvalue weighted by Gasteiger charge is -2.36. The van der Waals surface area contributed by atoms with Crippen LogP contribution in [-0.4, -0.2) is 44.2 Å². The SMILES string of the molecule is CNC1CCN(S(=O)(=O)C2CC2)CC1C. The van der Waals surface area contributed by atoms with Crippen molar-refractivity contribution in [2.75, 3.05) is 20.1 Å². The van der Waals surface area contributed by atoms with Gasteiger partial charge < -0.3 is 5.32 Å². The first-order valence-electron chi connectivity index (χ1n) is 5.72. The lowest BCUT2D eigenvalue weighted by atomic mass is 9.96. The average Bonchev–Trinajstić information content (AvgIpc) is 3.00. The predicted molar refractivity (Wildman–Crippen MR) is 60.1 cm³/mol. The summed E-state index contributed by atoms with van der Waals surface area (Å²) in [6.45, 7) is 3.49. The summed E-state index contributed by atoms with van der Waals surface area (Å²) >= 11 is 0. The highest BCUT2D eigenvalue weighted by atomic mass is 32.2. The van der Waals surface area contributed by atoms with E-state index in [1.54, 1.807) is 4.31 Å². The molecule has 0 amide bonds. The van der Waals surface area contributed by atoms with E-state index in [9.17, 15) is 8.42 Å². The molecule has 2 atom stereocenters. The number of rotatable bonds is 3. The van der Waals surface area contributed by atoms with Crippen LogP contribution in [0.4, 0.5) is 0 Å². The minimum atomic E-state index is -2.95. The Labute approximate surface area is 92.1 Å². The van der Waals surface area contributed by atoms with Crippen LogP contribution in [0, 0.1) is 5.92 Å². The zero-order valence-corrected chi connectivity index (χ0v) is 10.3. The Kier molecular flexibility index (Phi) is 3.05. The van der Waals surface area contributed by atoms with Crippen LogP contribution in [0.2, 0.25) is 0 Å². The molecule has 0 aromatic heterocycles. The first kappa shape index (κ1) is 11.4. The molecule has 2 unspecified atom stereocenters. The van der Waals surface area contributed by atoms with Gasteiger partial charge in [0.2, 0.25) is 10.0 Å². The molecular weight excluding hydrogens is 212 g/mol. The Morgan fingerprint density at radius 2 is 1.93 bits per heavy atom. The second-order valence-corrected chi connectivity index (χ2v) is 6.98. The molecule has 0 radical (unpaired) electrons. The first-order chi connectivity index (χ1) is 7.05. The van der Waals surface area contributed by atoms with E-state index < -0.39 is 10.0 Å². The molecule has 2 aliphatic rings. The van der Waals surface area contributed by atoms with Crippen molar-refractivity contribution in [3.05, 3.63) is 0 Å². The molecule has 1 saturated carbocycles. The molecule has 1 N–H and O–H groups in total. The molecular formula is C10H20N2O2S. The van der Waals surface area contributed by atoms with Crippen LogP contribution in [0.5, 0.6) is 0 Å². The van der Waals surface area contributed by atoms with E-state index in [4.69, 9.17) is 0 Å². The summed E-state index contributed by atoms with van der Waals surface area (Å²) in [5, 5.41) is 3.19. The Bertz CT molecular complexity index is 324. The molecule has 2 rings (SSSR count). The third-order valence-electron chi connectivity index (χ3n) is 3.54. The van der Waals surface area contributed by atoms with Crippen molar-refractivity contribution in [2.24, 2.45) is 5.92 Å². The largest absolute Gasteiger partial charge is 0.317 e. The van der Waals surface area contributed by atoms with Crippen molar-refractivity contribution in [1.29, 1.82) is 0 Å². The van der Waals surface area contributed by atoms with E-state index in [1.165, 1.54) is 0 Å². The number of sulfonamides is 1. The molecule has 5 heteroatoms. The fourth-order valence-corrected chi connectivity index (χ4v) is 4.30. The molecule has 0 aromatic rings. The normalized spacial score (nSPS) is 34.3. The summed E-state index contributed by atoms with van der Waals surface area (Å²) in [5.41, 5.74) is 0. The van der Waals surface area contributed by atoms with Crippen molar-refractivity contribution in [1.82, 2.24) is 9.62 Å². The first-order valence-corrected chi connectivity index (χ1v) is 7.22. The van der Waals surface area contributed by atoms with E-state index in [0.29, 0.717) is 25.0 Å². The number of nitrogens with one attached hydrogen (secondary N) is 1. The summed E-state index contributed by atoms with van der Waals surface area (Å²) < 4.78 is 25.7. The third kappa shape index (κ3) is 2.19. The van der Waals surface area contributed by atoms with Crippen molar-refractivity contribution < 1.29 is 8.42 Å². The van der Waals surface area contributed by atoms with Crippen molar-refractivity contribution in [3.63, 3.8) is 0 Å². The molecule has 1 heterocycles. The second-order valence-electron chi connectivity index (χ2n) is 4.76. The summed E-state index contributed by atoms with van der Waals surface area (Å²) in [5.74, 6) is 0.414. The molecule has 2 fully saturated rings. The molecule has 4 nitrogen and oxygen atoms in total. The summed E-state index contributed by atoms with van der Waals surface area (Å²) in [7, 11) is -0.997. The lowest BCUT2D eigenvalue weighted by Crippen LogP contribution is -2.49. The lowest BCUT2D eigenvalue weighted by molar-refractivity contribution is 0.228. The van der Waals surface area contributed by atoms with E-state index in [2.05, 4.69) is 12.2 Å². The van der Waals surface area contributed by atoms with Gasteiger partial charge in [0.05, 0.1) is 5.25 Å². The Morgan fingerprint density at radius 1 is 1.27 bits per heavy atom. The Balaban J connectivity index is 2.02. The minimum Gasteiger partial charge on any atom is -0.317 e.